The van der Waals surface area contributed by atoms with Crippen molar-refractivity contribution in [2.45, 2.75) is 20.3 Å². The summed E-state index contributed by atoms with van der Waals surface area (Å²) >= 11 is 0. The van der Waals surface area contributed by atoms with Gasteiger partial charge in [-0.1, -0.05) is 6.07 Å². The van der Waals surface area contributed by atoms with Gasteiger partial charge in [-0.2, -0.15) is 0 Å². The topological polar surface area (TPSA) is 69.6 Å². The number of carboxylic acids is 1. The Labute approximate surface area is 105 Å². The maximum Gasteiger partial charge on any atom is 0.323 e. The molecule has 96 valence electrons. The third-order valence-corrected chi connectivity index (χ3v) is 3.00. The molecule has 0 radical (unpaired) electrons. The van der Waals surface area contributed by atoms with Crippen molar-refractivity contribution >= 4 is 23.3 Å². The van der Waals surface area contributed by atoms with Crippen molar-refractivity contribution in [1.29, 1.82) is 0 Å². The number of fused-ring (bicyclic) bond motifs is 1. The molecule has 0 unspecified atom stereocenters. The van der Waals surface area contributed by atoms with Gasteiger partial charge in [0, 0.05) is 13.0 Å². The van der Waals surface area contributed by atoms with Gasteiger partial charge in [0.1, 0.15) is 6.54 Å². The minimum absolute atomic E-state index is 0.0731. The van der Waals surface area contributed by atoms with Gasteiger partial charge in [-0.3, -0.25) is 9.59 Å². The summed E-state index contributed by atoms with van der Waals surface area (Å²) in [4.78, 5) is 24.3. The third kappa shape index (κ3) is 2.45. The molecule has 5 nitrogen and oxygen atoms in total. The molecule has 1 aliphatic heterocycles. The Kier molecular flexibility index (Phi) is 3.23. The summed E-state index contributed by atoms with van der Waals surface area (Å²) in [6, 6.07) is 3.89. The lowest BCUT2D eigenvalue weighted by molar-refractivity contribution is -0.135. The van der Waals surface area contributed by atoms with Gasteiger partial charge in [-0.25, -0.2) is 0 Å². The highest BCUT2D eigenvalue weighted by molar-refractivity contribution is 5.98. The number of hydrogen-bond acceptors (Lipinski definition) is 3. The van der Waals surface area contributed by atoms with Crippen molar-refractivity contribution in [3.05, 3.63) is 23.3 Å². The second kappa shape index (κ2) is 4.68. The van der Waals surface area contributed by atoms with Crippen LogP contribution in [-0.2, 0) is 9.59 Å². The third-order valence-electron chi connectivity index (χ3n) is 3.00. The van der Waals surface area contributed by atoms with E-state index in [0.717, 1.165) is 22.5 Å². The van der Waals surface area contributed by atoms with E-state index in [1.54, 1.807) is 4.90 Å². The molecule has 18 heavy (non-hydrogen) atoms. The van der Waals surface area contributed by atoms with E-state index in [4.69, 9.17) is 5.11 Å². The predicted octanol–water partition coefficient (Wildman–Crippen LogP) is 1.54. The summed E-state index contributed by atoms with van der Waals surface area (Å²) in [7, 11) is 0. The maximum absolute atomic E-state index is 11.6. The van der Waals surface area contributed by atoms with Crippen molar-refractivity contribution in [2.75, 3.05) is 23.3 Å². The van der Waals surface area contributed by atoms with Gasteiger partial charge < -0.3 is 15.3 Å². The van der Waals surface area contributed by atoms with Crippen LogP contribution in [0, 0.1) is 13.8 Å². The summed E-state index contributed by atoms with van der Waals surface area (Å²) in [6.07, 6.45) is 0.306. The van der Waals surface area contributed by atoms with E-state index in [-0.39, 0.29) is 12.5 Å². The Morgan fingerprint density at radius 3 is 2.83 bits per heavy atom. The van der Waals surface area contributed by atoms with Gasteiger partial charge in [-0.05, 0) is 31.0 Å². The number of nitrogens with one attached hydrogen (secondary N) is 1. The predicted molar refractivity (Wildman–Crippen MR) is 69.0 cm³/mol. The van der Waals surface area contributed by atoms with Gasteiger partial charge in [0.2, 0.25) is 5.91 Å². The molecule has 0 aliphatic carbocycles. The number of aliphatic carboxylic acids is 1. The smallest absolute Gasteiger partial charge is 0.323 e. The summed E-state index contributed by atoms with van der Waals surface area (Å²) < 4.78 is 0. The van der Waals surface area contributed by atoms with E-state index in [2.05, 4.69) is 5.32 Å². The van der Waals surface area contributed by atoms with E-state index < -0.39 is 5.97 Å². The van der Waals surface area contributed by atoms with Crippen LogP contribution in [0.15, 0.2) is 12.1 Å². The van der Waals surface area contributed by atoms with E-state index >= 15 is 0 Å². The van der Waals surface area contributed by atoms with E-state index in [1.807, 2.05) is 26.0 Å². The number of hydrogen-bond donors (Lipinski definition) is 2. The lowest BCUT2D eigenvalue weighted by Crippen LogP contribution is -2.30. The molecule has 1 amide bonds. The molecular weight excluding hydrogens is 232 g/mol. The second-order valence-electron chi connectivity index (χ2n) is 4.59. The Balaban J connectivity index is 2.49. The fourth-order valence-corrected chi connectivity index (χ4v) is 2.24. The zero-order valence-corrected chi connectivity index (χ0v) is 10.5. The first-order valence-electron chi connectivity index (χ1n) is 5.85. The second-order valence-corrected chi connectivity index (χ2v) is 4.59. The number of amides is 1. The standard InChI is InChI=1S/C13H16N2O3/c1-8-5-9(2)13-10(6-8)15(7-12(17)18)4-3-11(16)14-13/h5-6H,3-4,7H2,1-2H3,(H,14,16)(H,17,18). The van der Waals surface area contributed by atoms with Crippen LogP contribution < -0.4 is 10.2 Å². The van der Waals surface area contributed by atoms with Gasteiger partial charge in [0.05, 0.1) is 11.4 Å². The van der Waals surface area contributed by atoms with E-state index in [0.29, 0.717) is 13.0 Å². The molecule has 0 atom stereocenters. The quantitative estimate of drug-likeness (QED) is 0.833. The fraction of sp³-hybridized carbons (Fsp3) is 0.385. The summed E-state index contributed by atoms with van der Waals surface area (Å²) in [5.74, 6) is -0.967. The maximum atomic E-state index is 11.6. The Bertz CT molecular complexity index is 511. The normalized spacial score (nSPS) is 14.8. The number of benzene rings is 1. The first kappa shape index (κ1) is 12.4. The van der Waals surface area contributed by atoms with Crippen LogP contribution in [0.4, 0.5) is 11.4 Å². The monoisotopic (exact) mass is 248 g/mol. The minimum Gasteiger partial charge on any atom is -0.480 e. The molecule has 0 spiro atoms. The number of carbonyl (C=O) groups is 2. The Morgan fingerprint density at radius 1 is 1.44 bits per heavy atom. The van der Waals surface area contributed by atoms with Crippen LogP contribution in [0.25, 0.3) is 0 Å². The Hall–Kier alpha value is -2.04. The molecule has 1 aromatic carbocycles. The van der Waals surface area contributed by atoms with Gasteiger partial charge in [-0.15, -0.1) is 0 Å². The zero-order valence-electron chi connectivity index (χ0n) is 10.5. The van der Waals surface area contributed by atoms with Crippen molar-refractivity contribution in [1.82, 2.24) is 0 Å². The number of rotatable bonds is 2. The molecule has 2 N–H and O–H groups in total. The van der Waals surface area contributed by atoms with Crippen molar-refractivity contribution in [3.63, 3.8) is 0 Å². The lowest BCUT2D eigenvalue weighted by Gasteiger charge is -2.23. The largest absolute Gasteiger partial charge is 0.480 e. The number of anilines is 2. The van der Waals surface area contributed by atoms with Crippen LogP contribution in [0.1, 0.15) is 17.5 Å². The molecule has 1 aromatic rings. The van der Waals surface area contributed by atoms with Crippen LogP contribution in [0.3, 0.4) is 0 Å². The zero-order chi connectivity index (χ0) is 13.3. The lowest BCUT2D eigenvalue weighted by atomic mass is 10.1. The van der Waals surface area contributed by atoms with Crippen LogP contribution in [0.2, 0.25) is 0 Å². The summed E-state index contributed by atoms with van der Waals surface area (Å²) in [6.45, 7) is 4.20. The molecule has 1 heterocycles. The molecule has 0 saturated carbocycles. The average Bonchev–Trinajstić information content (AvgIpc) is 2.40. The highest BCUT2D eigenvalue weighted by atomic mass is 16.4. The molecule has 0 saturated heterocycles. The highest BCUT2D eigenvalue weighted by Crippen LogP contribution is 2.33. The summed E-state index contributed by atoms with van der Waals surface area (Å²) in [5.41, 5.74) is 3.53. The minimum atomic E-state index is -0.894. The highest BCUT2D eigenvalue weighted by Gasteiger charge is 2.22. The molecule has 0 aromatic heterocycles. The average molecular weight is 248 g/mol. The van der Waals surface area contributed by atoms with Crippen LogP contribution in [0.5, 0.6) is 0 Å². The Morgan fingerprint density at radius 2 is 2.17 bits per heavy atom. The van der Waals surface area contributed by atoms with Crippen LogP contribution >= 0.6 is 0 Å². The van der Waals surface area contributed by atoms with Gasteiger partial charge >= 0.3 is 5.97 Å². The van der Waals surface area contributed by atoms with Gasteiger partial charge in [0.15, 0.2) is 0 Å². The summed E-state index contributed by atoms with van der Waals surface area (Å²) in [5, 5.41) is 11.8. The molecule has 2 rings (SSSR count). The molecule has 5 heteroatoms. The van der Waals surface area contributed by atoms with Crippen molar-refractivity contribution in [2.24, 2.45) is 0 Å². The first-order chi connectivity index (χ1) is 8.47. The molecule has 0 fully saturated rings. The number of carboxylic acid groups (broad SMARTS) is 1. The number of aryl methyl sites for hydroxylation is 2. The van der Waals surface area contributed by atoms with Crippen molar-refractivity contribution in [3.8, 4) is 0 Å². The number of nitrogens with zero attached hydrogens (tertiary/aromatic N) is 1. The van der Waals surface area contributed by atoms with Crippen molar-refractivity contribution < 1.29 is 14.7 Å². The first-order valence-corrected chi connectivity index (χ1v) is 5.85. The fourth-order valence-electron chi connectivity index (χ4n) is 2.24. The molecule has 1 aliphatic rings. The van der Waals surface area contributed by atoms with E-state index in [9.17, 15) is 9.59 Å². The van der Waals surface area contributed by atoms with Gasteiger partial charge in [0.25, 0.3) is 0 Å². The SMILES string of the molecule is Cc1cc(C)c2c(c1)N(CC(=O)O)CCC(=O)N2. The number of carbonyl (C=O) groups excluding carboxylic acids is 1. The molecular formula is C13H16N2O3. The van der Waals surface area contributed by atoms with Crippen LogP contribution in [-0.4, -0.2) is 30.1 Å². The molecule has 0 bridgehead atoms. The van der Waals surface area contributed by atoms with E-state index in [1.165, 1.54) is 0 Å².